The maximum absolute atomic E-state index is 12.0. The summed E-state index contributed by atoms with van der Waals surface area (Å²) in [4.78, 5) is 34.3. The first kappa shape index (κ1) is 25.2. The van der Waals surface area contributed by atoms with E-state index in [2.05, 4.69) is 26.1 Å². The van der Waals surface area contributed by atoms with Crippen LogP contribution in [0.2, 0.25) is 18.1 Å². The first-order valence-corrected chi connectivity index (χ1v) is 12.3. The molecule has 0 unspecified atom stereocenters. The smallest absolute Gasteiger partial charge is 0.412 e. The molecule has 1 aromatic carbocycles. The predicted octanol–water partition coefficient (Wildman–Crippen LogP) is 4.93. The number of nitrogens with zero attached hydrogens (tertiary/aromatic N) is 1. The van der Waals surface area contributed by atoms with Crippen molar-refractivity contribution in [3.63, 3.8) is 0 Å². The average Bonchev–Trinajstić information content (AvgIpc) is 2.50. The van der Waals surface area contributed by atoms with Gasteiger partial charge in [0.2, 0.25) is 8.32 Å². The molecule has 166 valence electrons. The summed E-state index contributed by atoms with van der Waals surface area (Å²) >= 11 is 0. The number of nitro groups is 1. The number of ether oxygens (including phenoxy) is 1. The number of nitro benzene ring substituents is 1. The van der Waals surface area contributed by atoms with E-state index in [9.17, 15) is 24.8 Å². The van der Waals surface area contributed by atoms with Crippen LogP contribution in [0.1, 0.15) is 47.1 Å². The Kier molecular flexibility index (Phi) is 7.43. The molecule has 0 aromatic heterocycles. The number of benzene rings is 1. The summed E-state index contributed by atoms with van der Waals surface area (Å²) in [6.45, 7) is 15.1. The van der Waals surface area contributed by atoms with Crippen molar-refractivity contribution in [3.8, 4) is 5.75 Å². The lowest BCUT2D eigenvalue weighted by molar-refractivity contribution is -0.385. The standard InChI is InChI=1S/C20H30N2O7Si/c1-19(2,3)28-18(25)21-15(17(23)24)12-13-11-14(9-10-16(13)22(26)27)29-30(7,8)20(4,5)6/h9-12H,1-8H3,(H,21,25)(H,23,24)/b15-12+. The number of carboxylic acid groups (broad SMARTS) is 1. The summed E-state index contributed by atoms with van der Waals surface area (Å²) in [6, 6.07) is 4.14. The summed E-state index contributed by atoms with van der Waals surface area (Å²) in [5.74, 6) is -1.08. The molecule has 0 fully saturated rings. The van der Waals surface area contributed by atoms with Gasteiger partial charge >= 0.3 is 12.1 Å². The van der Waals surface area contributed by atoms with Gasteiger partial charge < -0.3 is 14.3 Å². The zero-order valence-electron chi connectivity index (χ0n) is 18.7. The molecule has 0 heterocycles. The molecule has 0 atom stereocenters. The Hall–Kier alpha value is -2.88. The van der Waals surface area contributed by atoms with Gasteiger partial charge in [0.1, 0.15) is 17.0 Å². The number of amides is 1. The Morgan fingerprint density at radius 2 is 1.73 bits per heavy atom. The van der Waals surface area contributed by atoms with Crippen molar-refractivity contribution in [1.82, 2.24) is 5.32 Å². The first-order chi connectivity index (χ1) is 13.4. The fraction of sp³-hybridized carbons (Fsp3) is 0.500. The molecular weight excluding hydrogens is 408 g/mol. The molecular formula is C20H30N2O7Si. The van der Waals surface area contributed by atoms with Gasteiger partial charge in [-0.05, 0) is 57.1 Å². The molecule has 9 nitrogen and oxygen atoms in total. The molecule has 0 aliphatic carbocycles. The van der Waals surface area contributed by atoms with E-state index in [0.717, 1.165) is 6.08 Å². The maximum Gasteiger partial charge on any atom is 0.412 e. The molecule has 0 aliphatic rings. The fourth-order valence-electron chi connectivity index (χ4n) is 2.05. The number of carbonyl (C=O) groups is 2. The van der Waals surface area contributed by atoms with Gasteiger partial charge in [-0.25, -0.2) is 9.59 Å². The Morgan fingerprint density at radius 3 is 2.17 bits per heavy atom. The lowest BCUT2D eigenvalue weighted by atomic mass is 10.1. The molecule has 30 heavy (non-hydrogen) atoms. The largest absolute Gasteiger partial charge is 0.543 e. The van der Waals surface area contributed by atoms with E-state index in [1.54, 1.807) is 20.8 Å². The molecule has 1 aromatic rings. The van der Waals surface area contributed by atoms with E-state index in [1.807, 2.05) is 13.1 Å². The third-order valence-corrected chi connectivity index (χ3v) is 8.90. The highest BCUT2D eigenvalue weighted by atomic mass is 28.4. The summed E-state index contributed by atoms with van der Waals surface area (Å²) in [7, 11) is -2.22. The highest BCUT2D eigenvalue weighted by molar-refractivity contribution is 6.74. The summed E-state index contributed by atoms with van der Waals surface area (Å²) < 4.78 is 11.2. The number of hydrogen-bond acceptors (Lipinski definition) is 6. The third-order valence-electron chi connectivity index (χ3n) is 4.54. The second kappa shape index (κ2) is 8.86. The third kappa shape index (κ3) is 7.18. The Bertz CT molecular complexity index is 865. The maximum atomic E-state index is 12.0. The van der Waals surface area contributed by atoms with Crippen LogP contribution in [0.15, 0.2) is 23.9 Å². The molecule has 0 spiro atoms. The topological polar surface area (TPSA) is 128 Å². The monoisotopic (exact) mass is 438 g/mol. The van der Waals surface area contributed by atoms with E-state index in [4.69, 9.17) is 9.16 Å². The van der Waals surface area contributed by atoms with Crippen molar-refractivity contribution in [2.75, 3.05) is 0 Å². The van der Waals surface area contributed by atoms with E-state index in [-0.39, 0.29) is 16.3 Å². The van der Waals surface area contributed by atoms with Crippen LogP contribution in [-0.2, 0) is 9.53 Å². The minimum Gasteiger partial charge on any atom is -0.543 e. The van der Waals surface area contributed by atoms with E-state index in [0.29, 0.717) is 5.75 Å². The molecule has 0 bridgehead atoms. The highest BCUT2D eigenvalue weighted by Gasteiger charge is 2.39. The second-order valence-electron chi connectivity index (χ2n) is 9.33. The molecule has 0 saturated carbocycles. The quantitative estimate of drug-likeness (QED) is 0.279. The van der Waals surface area contributed by atoms with Crippen molar-refractivity contribution in [1.29, 1.82) is 0 Å². The molecule has 1 amide bonds. The van der Waals surface area contributed by atoms with Gasteiger partial charge in [0, 0.05) is 6.07 Å². The van der Waals surface area contributed by atoms with Gasteiger partial charge in [-0.15, -0.1) is 0 Å². The van der Waals surface area contributed by atoms with Crippen molar-refractivity contribution in [2.45, 2.75) is 65.3 Å². The van der Waals surface area contributed by atoms with Crippen LogP contribution in [0.4, 0.5) is 10.5 Å². The Labute approximate surface area is 177 Å². The van der Waals surface area contributed by atoms with Crippen LogP contribution < -0.4 is 9.74 Å². The second-order valence-corrected chi connectivity index (χ2v) is 14.1. The molecule has 10 heteroatoms. The summed E-state index contributed by atoms with van der Waals surface area (Å²) in [6.07, 6.45) is 0.0376. The van der Waals surface area contributed by atoms with Crippen molar-refractivity contribution >= 4 is 32.1 Å². The minimum absolute atomic E-state index is 0.00957. The minimum atomic E-state index is -2.22. The zero-order chi connectivity index (χ0) is 23.5. The van der Waals surface area contributed by atoms with Crippen molar-refractivity contribution in [3.05, 3.63) is 39.6 Å². The lowest BCUT2D eigenvalue weighted by Gasteiger charge is -2.36. The molecule has 2 N–H and O–H groups in total. The summed E-state index contributed by atoms with van der Waals surface area (Å²) in [5.41, 5.74) is -1.72. The van der Waals surface area contributed by atoms with Crippen LogP contribution in [-0.4, -0.2) is 36.0 Å². The van der Waals surface area contributed by atoms with E-state index < -0.39 is 36.6 Å². The molecule has 0 aliphatic heterocycles. The number of hydrogen-bond donors (Lipinski definition) is 2. The number of nitrogens with one attached hydrogen (secondary N) is 1. The number of carbonyl (C=O) groups excluding carboxylic acids is 1. The number of rotatable bonds is 6. The summed E-state index contributed by atoms with van der Waals surface area (Å²) in [5, 5.41) is 22.9. The molecule has 0 radical (unpaired) electrons. The zero-order valence-corrected chi connectivity index (χ0v) is 19.7. The van der Waals surface area contributed by atoms with Gasteiger partial charge in [-0.3, -0.25) is 15.4 Å². The first-order valence-electron chi connectivity index (χ1n) is 9.35. The number of aliphatic carboxylic acids is 1. The van der Waals surface area contributed by atoms with Gasteiger partial charge in [0.15, 0.2) is 0 Å². The van der Waals surface area contributed by atoms with Gasteiger partial charge in [-0.1, -0.05) is 20.8 Å². The number of alkyl carbamates (subject to hydrolysis) is 1. The van der Waals surface area contributed by atoms with Crippen LogP contribution in [0, 0.1) is 10.1 Å². The van der Waals surface area contributed by atoms with Gasteiger partial charge in [-0.2, -0.15) is 0 Å². The predicted molar refractivity (Wildman–Crippen MR) is 116 cm³/mol. The SMILES string of the molecule is CC(C)(C)OC(=O)N/C(=C/c1cc(O[Si](C)(C)C(C)(C)C)ccc1[N+](=O)[O-])C(=O)O. The van der Waals surface area contributed by atoms with Crippen LogP contribution in [0.25, 0.3) is 6.08 Å². The fourth-order valence-corrected chi connectivity index (χ4v) is 3.07. The normalized spacial score (nSPS) is 12.9. The van der Waals surface area contributed by atoms with Crippen LogP contribution in [0.3, 0.4) is 0 Å². The van der Waals surface area contributed by atoms with Gasteiger partial charge in [0.05, 0.1) is 10.5 Å². The van der Waals surface area contributed by atoms with Crippen LogP contribution >= 0.6 is 0 Å². The van der Waals surface area contributed by atoms with E-state index >= 15 is 0 Å². The highest BCUT2D eigenvalue weighted by Crippen LogP contribution is 2.38. The van der Waals surface area contributed by atoms with Gasteiger partial charge in [0.25, 0.3) is 5.69 Å². The molecule has 1 rings (SSSR count). The van der Waals surface area contributed by atoms with Crippen molar-refractivity contribution in [2.24, 2.45) is 0 Å². The van der Waals surface area contributed by atoms with Crippen LogP contribution in [0.5, 0.6) is 5.75 Å². The van der Waals surface area contributed by atoms with E-state index in [1.165, 1.54) is 18.2 Å². The Morgan fingerprint density at radius 1 is 1.17 bits per heavy atom. The Balaban J connectivity index is 3.38. The average molecular weight is 439 g/mol. The van der Waals surface area contributed by atoms with Crippen molar-refractivity contribution < 1.29 is 28.8 Å². The number of carboxylic acids is 1. The lowest BCUT2D eigenvalue weighted by Crippen LogP contribution is -2.43. The molecule has 0 saturated heterocycles.